The fraction of sp³-hybridized carbons (Fsp3) is 0.486. The van der Waals surface area contributed by atoms with E-state index in [4.69, 9.17) is 9.47 Å². The molecule has 4 fully saturated rings. The number of anilines is 2. The van der Waals surface area contributed by atoms with Gasteiger partial charge in [0.1, 0.15) is 31.9 Å². The zero-order chi connectivity index (χ0) is 39.1. The van der Waals surface area contributed by atoms with Gasteiger partial charge in [-0.3, -0.25) is 19.8 Å². The third kappa shape index (κ3) is 8.16. The maximum absolute atomic E-state index is 13.8. The van der Waals surface area contributed by atoms with E-state index in [0.717, 1.165) is 75.6 Å². The zero-order valence-corrected chi connectivity index (χ0v) is 32.3. The van der Waals surface area contributed by atoms with Crippen molar-refractivity contribution in [3.63, 3.8) is 0 Å². The number of rotatable bonds is 11. The van der Waals surface area contributed by atoms with Crippen molar-refractivity contribution in [3.8, 4) is 11.5 Å². The summed E-state index contributed by atoms with van der Waals surface area (Å²) in [6.07, 6.45) is 9.44. The monoisotopic (exact) mass is 808 g/mol. The molecule has 0 radical (unpaired) electrons. The summed E-state index contributed by atoms with van der Waals surface area (Å²) in [4.78, 5) is 40.7. The van der Waals surface area contributed by atoms with E-state index < -0.39 is 41.3 Å². The number of piperidine rings is 1. The molecule has 1 amide bonds. The van der Waals surface area contributed by atoms with Crippen molar-refractivity contribution in [2.75, 3.05) is 67.7 Å². The summed E-state index contributed by atoms with van der Waals surface area (Å²) in [5.74, 6) is -0.682. The van der Waals surface area contributed by atoms with Crippen molar-refractivity contribution < 1.29 is 36.0 Å². The first-order valence-corrected chi connectivity index (χ1v) is 22.1. The Hall–Kier alpha value is -4.85. The van der Waals surface area contributed by atoms with Crippen molar-refractivity contribution in [2.24, 2.45) is 11.3 Å². The molecule has 1 aromatic carbocycles. The first kappa shape index (κ1) is 38.0. The van der Waals surface area contributed by atoms with E-state index in [2.05, 4.69) is 30.1 Å². The SMILES string of the molecule is O=C(NS(=O)(=O)c1cnc(NCC2CCS(=O)(=O)CC2)c([N+](=O)[O-])c1)c1ccc(N2CCC3(CC2)CC(N2CCOCC2)C3)cc1Oc1cnc2[nH]ccc2c1. The van der Waals surface area contributed by atoms with E-state index in [-0.39, 0.29) is 41.1 Å². The van der Waals surface area contributed by atoms with Crippen LogP contribution in [0.1, 0.15) is 48.9 Å². The third-order valence-electron chi connectivity index (χ3n) is 11.7. The van der Waals surface area contributed by atoms with E-state index in [0.29, 0.717) is 35.7 Å². The van der Waals surface area contributed by atoms with Crippen LogP contribution >= 0.6 is 0 Å². The summed E-state index contributed by atoms with van der Waals surface area (Å²) in [6, 6.07) is 10.0. The van der Waals surface area contributed by atoms with Crippen LogP contribution in [0.15, 0.2) is 59.9 Å². The molecule has 4 aromatic rings. The highest BCUT2D eigenvalue weighted by molar-refractivity contribution is 7.91. The van der Waals surface area contributed by atoms with Gasteiger partial charge in [0.2, 0.25) is 5.82 Å². The van der Waals surface area contributed by atoms with Gasteiger partial charge in [-0.1, -0.05) is 0 Å². The van der Waals surface area contributed by atoms with Gasteiger partial charge in [-0.05, 0) is 74.1 Å². The molecule has 6 heterocycles. The third-order valence-corrected chi connectivity index (χ3v) is 14.7. The second kappa shape index (κ2) is 15.2. The number of fused-ring (bicyclic) bond motifs is 1. The lowest BCUT2D eigenvalue weighted by Gasteiger charge is -2.56. The number of carbonyl (C=O) groups excluding carboxylic acids is 1. The van der Waals surface area contributed by atoms with Gasteiger partial charge < -0.3 is 24.7 Å². The molecule has 0 unspecified atom stereocenters. The van der Waals surface area contributed by atoms with Gasteiger partial charge in [-0.2, -0.15) is 0 Å². The minimum atomic E-state index is -4.65. The van der Waals surface area contributed by atoms with Gasteiger partial charge in [0.05, 0.1) is 47.6 Å². The summed E-state index contributed by atoms with van der Waals surface area (Å²) in [7, 11) is -7.73. The maximum Gasteiger partial charge on any atom is 0.312 e. The van der Waals surface area contributed by atoms with Crippen LogP contribution in [0.25, 0.3) is 11.0 Å². The number of sulfone groups is 1. The Morgan fingerprint density at radius 3 is 2.52 bits per heavy atom. The van der Waals surface area contributed by atoms with Gasteiger partial charge in [-0.25, -0.2) is 31.5 Å². The van der Waals surface area contributed by atoms with Crippen LogP contribution < -0.4 is 19.7 Å². The molecular weight excluding hydrogens is 765 g/mol. The Balaban J connectivity index is 0.988. The molecule has 3 aliphatic heterocycles. The summed E-state index contributed by atoms with van der Waals surface area (Å²) in [5, 5.41) is 15.6. The van der Waals surface area contributed by atoms with Crippen LogP contribution in [0, 0.1) is 21.4 Å². The second-order valence-electron chi connectivity index (χ2n) is 15.3. The molecule has 56 heavy (non-hydrogen) atoms. The van der Waals surface area contributed by atoms with Gasteiger partial charge >= 0.3 is 5.69 Å². The minimum absolute atomic E-state index is 0.0373. The number of nitrogens with zero attached hydrogens (tertiary/aromatic N) is 5. The number of nitrogens with one attached hydrogen (secondary N) is 3. The fourth-order valence-electron chi connectivity index (χ4n) is 8.35. The van der Waals surface area contributed by atoms with E-state index in [1.54, 1.807) is 24.4 Å². The molecule has 4 aliphatic rings. The largest absolute Gasteiger partial charge is 0.455 e. The molecule has 0 atom stereocenters. The van der Waals surface area contributed by atoms with Crippen LogP contribution in [0.5, 0.6) is 11.5 Å². The smallest absolute Gasteiger partial charge is 0.312 e. The maximum atomic E-state index is 13.8. The molecule has 298 valence electrons. The number of ether oxygens (including phenoxy) is 2. The summed E-state index contributed by atoms with van der Waals surface area (Å²) >= 11 is 0. The van der Waals surface area contributed by atoms with Crippen LogP contribution in [-0.4, -0.2) is 111 Å². The number of benzene rings is 1. The molecule has 19 heteroatoms. The highest BCUT2D eigenvalue weighted by Crippen LogP contribution is 2.51. The molecule has 1 spiro atoms. The van der Waals surface area contributed by atoms with Crippen LogP contribution in [0.3, 0.4) is 0 Å². The Morgan fingerprint density at radius 1 is 1.04 bits per heavy atom. The highest BCUT2D eigenvalue weighted by atomic mass is 32.2. The lowest BCUT2D eigenvalue weighted by molar-refractivity contribution is -0.384. The molecule has 0 bridgehead atoms. The van der Waals surface area contributed by atoms with Crippen molar-refractivity contribution in [2.45, 2.75) is 49.5 Å². The van der Waals surface area contributed by atoms with Crippen molar-refractivity contribution in [1.82, 2.24) is 24.6 Å². The number of aromatic amines is 1. The van der Waals surface area contributed by atoms with Crippen molar-refractivity contribution >= 4 is 54.0 Å². The quantitative estimate of drug-likeness (QED) is 0.144. The van der Waals surface area contributed by atoms with Gasteiger partial charge in [0, 0.05) is 68.2 Å². The van der Waals surface area contributed by atoms with E-state index >= 15 is 0 Å². The van der Waals surface area contributed by atoms with Gasteiger partial charge in [0.15, 0.2) is 0 Å². The van der Waals surface area contributed by atoms with Crippen LogP contribution in [0.4, 0.5) is 17.2 Å². The number of hydrogen-bond acceptors (Lipinski definition) is 14. The average molecular weight is 809 g/mol. The Kier molecular flexibility index (Phi) is 10.4. The number of pyridine rings is 2. The standard InChI is InChI=1S/C37H44N8O9S2/c46-36(42-56(51,52)30-19-32(45(47)48)35(41-24-30)39-22-25-4-15-55(49,50)16-5-25)31-2-1-27(18-33(31)54-29-17-26-3-8-38-34(26)40-23-29)43-9-6-37(7-10-43)20-28(21-37)44-11-13-53-14-12-44/h1-3,8,17-19,23-25,28H,4-7,9-16,20-22H2,(H,38,40)(H,39,41)(H,42,46). The zero-order valence-electron chi connectivity index (χ0n) is 30.7. The summed E-state index contributed by atoms with van der Waals surface area (Å²) < 4.78 is 64.5. The minimum Gasteiger partial charge on any atom is -0.455 e. The van der Waals surface area contributed by atoms with Crippen molar-refractivity contribution in [3.05, 3.63) is 70.7 Å². The number of H-pyrrole nitrogens is 1. The number of nitro groups is 1. The predicted molar refractivity (Wildman–Crippen MR) is 207 cm³/mol. The van der Waals surface area contributed by atoms with Crippen LogP contribution in [-0.2, 0) is 24.6 Å². The van der Waals surface area contributed by atoms with Crippen molar-refractivity contribution in [1.29, 1.82) is 0 Å². The molecule has 3 aromatic heterocycles. The molecular formula is C37H44N8O9S2. The topological polar surface area (TPSA) is 219 Å². The highest BCUT2D eigenvalue weighted by Gasteiger charge is 2.48. The lowest BCUT2D eigenvalue weighted by atomic mass is 9.60. The van der Waals surface area contributed by atoms with E-state index in [1.807, 2.05) is 10.8 Å². The summed E-state index contributed by atoms with van der Waals surface area (Å²) in [6.45, 7) is 5.44. The fourth-order valence-corrected chi connectivity index (χ4v) is 10.9. The number of carbonyl (C=O) groups is 1. The van der Waals surface area contributed by atoms with Gasteiger partial charge in [0.25, 0.3) is 15.9 Å². The number of hydrogen-bond donors (Lipinski definition) is 3. The predicted octanol–water partition coefficient (Wildman–Crippen LogP) is 4.10. The number of aromatic nitrogens is 3. The van der Waals surface area contributed by atoms with E-state index in [9.17, 15) is 31.7 Å². The number of amides is 1. The van der Waals surface area contributed by atoms with Crippen LogP contribution in [0.2, 0.25) is 0 Å². The first-order chi connectivity index (χ1) is 26.9. The normalized spacial score (nSPS) is 20.4. The molecule has 1 aliphatic carbocycles. The Labute approximate surface area is 324 Å². The molecule has 1 saturated carbocycles. The first-order valence-electron chi connectivity index (χ1n) is 18.8. The number of sulfonamides is 1. The Bertz CT molecular complexity index is 2340. The summed E-state index contributed by atoms with van der Waals surface area (Å²) in [5.41, 5.74) is 1.13. The molecule has 17 nitrogen and oxygen atoms in total. The second-order valence-corrected chi connectivity index (χ2v) is 19.3. The molecule has 3 N–H and O–H groups in total. The van der Waals surface area contributed by atoms with E-state index in [1.165, 1.54) is 25.1 Å². The number of morpholine rings is 1. The lowest BCUT2D eigenvalue weighted by Crippen LogP contribution is -2.57. The Morgan fingerprint density at radius 2 is 1.79 bits per heavy atom. The average Bonchev–Trinajstić information content (AvgIpc) is 3.65. The molecule has 3 saturated heterocycles. The molecule has 8 rings (SSSR count). The van der Waals surface area contributed by atoms with Gasteiger partial charge in [-0.15, -0.1) is 0 Å².